The molecule has 1 aromatic rings. The Kier molecular flexibility index (Phi) is 5.90. The average molecular weight is 433 g/mol. The second-order valence-electron chi connectivity index (χ2n) is 6.20. The van der Waals surface area contributed by atoms with Crippen molar-refractivity contribution in [3.8, 4) is 0 Å². The molecule has 1 aliphatic heterocycles. The van der Waals surface area contributed by atoms with Crippen LogP contribution in [0.3, 0.4) is 0 Å². The predicted molar refractivity (Wildman–Crippen MR) is 96.8 cm³/mol. The monoisotopic (exact) mass is 432 g/mol. The summed E-state index contributed by atoms with van der Waals surface area (Å²) >= 11 is 3.28. The number of hydrogen-bond acceptors (Lipinski definition) is 5. The van der Waals surface area contributed by atoms with Gasteiger partial charge in [-0.25, -0.2) is 8.42 Å². The number of sulfonamides is 1. The third kappa shape index (κ3) is 4.04. The zero-order valence-corrected chi connectivity index (χ0v) is 16.9. The summed E-state index contributed by atoms with van der Waals surface area (Å²) in [6.07, 6.45) is 0.665. The maximum absolute atomic E-state index is 12.8. The summed E-state index contributed by atoms with van der Waals surface area (Å²) in [7, 11) is -2.79. The third-order valence-corrected chi connectivity index (χ3v) is 6.50. The van der Waals surface area contributed by atoms with E-state index in [1.165, 1.54) is 20.1 Å². The van der Waals surface area contributed by atoms with Crippen LogP contribution in [0.1, 0.15) is 26.3 Å². The van der Waals surface area contributed by atoms with Gasteiger partial charge in [-0.2, -0.15) is 4.72 Å². The number of carbonyl (C=O) groups excluding carboxylic acids is 2. The van der Waals surface area contributed by atoms with Crippen LogP contribution in [0.15, 0.2) is 21.5 Å². The van der Waals surface area contributed by atoms with Crippen molar-refractivity contribution in [2.45, 2.75) is 38.1 Å². The number of rotatable bonds is 5. The highest BCUT2D eigenvalue weighted by Crippen LogP contribution is 2.35. The number of fused-ring (bicyclic) bond motifs is 1. The lowest BCUT2D eigenvalue weighted by Crippen LogP contribution is -2.45. The summed E-state index contributed by atoms with van der Waals surface area (Å²) in [6, 6.07) is 2.17. The number of ether oxygens (including phenoxy) is 1. The Bertz CT molecular complexity index is 807. The SMILES string of the molecule is COC(=O)[C@H](NS(=O)(=O)c1cc2c(cc1Br)CCN2C(C)=O)C(C)C. The number of methoxy groups -OCH3 is 1. The zero-order chi connectivity index (χ0) is 18.9. The summed E-state index contributed by atoms with van der Waals surface area (Å²) in [5.41, 5.74) is 1.48. The number of esters is 1. The molecule has 9 heteroatoms. The first kappa shape index (κ1) is 19.9. The molecule has 1 aliphatic rings. The molecule has 1 aromatic carbocycles. The Morgan fingerprint density at radius 3 is 2.48 bits per heavy atom. The molecule has 0 aliphatic carbocycles. The molecule has 1 amide bonds. The Morgan fingerprint density at radius 1 is 1.32 bits per heavy atom. The lowest BCUT2D eigenvalue weighted by molar-refractivity contribution is -0.143. The Morgan fingerprint density at radius 2 is 1.96 bits per heavy atom. The Hall–Kier alpha value is -1.45. The van der Waals surface area contributed by atoms with E-state index in [2.05, 4.69) is 25.4 Å². The molecular formula is C16H21BrN2O5S. The molecular weight excluding hydrogens is 412 g/mol. The molecule has 0 bridgehead atoms. The van der Waals surface area contributed by atoms with E-state index in [0.717, 1.165) is 5.56 Å². The third-order valence-electron chi connectivity index (χ3n) is 4.10. The molecule has 138 valence electrons. The highest BCUT2D eigenvalue weighted by Gasteiger charge is 2.32. The van der Waals surface area contributed by atoms with Gasteiger partial charge in [0.1, 0.15) is 6.04 Å². The number of carbonyl (C=O) groups is 2. The van der Waals surface area contributed by atoms with Crippen LogP contribution in [0.2, 0.25) is 0 Å². The topological polar surface area (TPSA) is 92.8 Å². The number of benzene rings is 1. The number of hydrogen-bond donors (Lipinski definition) is 1. The van der Waals surface area contributed by atoms with Crippen molar-refractivity contribution in [1.29, 1.82) is 0 Å². The first-order valence-electron chi connectivity index (χ1n) is 7.79. The first-order chi connectivity index (χ1) is 11.6. The van der Waals surface area contributed by atoms with Crippen LogP contribution < -0.4 is 9.62 Å². The fourth-order valence-electron chi connectivity index (χ4n) is 2.74. The van der Waals surface area contributed by atoms with Crippen LogP contribution in [-0.4, -0.2) is 40.0 Å². The maximum atomic E-state index is 12.8. The Labute approximate surface area is 155 Å². The molecule has 0 aromatic heterocycles. The molecule has 0 spiro atoms. The summed E-state index contributed by atoms with van der Waals surface area (Å²) in [6.45, 7) is 5.40. The van der Waals surface area contributed by atoms with Crippen LogP contribution in [-0.2, 0) is 30.8 Å². The molecule has 1 N–H and O–H groups in total. The summed E-state index contributed by atoms with van der Waals surface area (Å²) in [5, 5.41) is 0. The van der Waals surface area contributed by atoms with Gasteiger partial charge in [-0.3, -0.25) is 9.59 Å². The van der Waals surface area contributed by atoms with E-state index in [4.69, 9.17) is 0 Å². The van der Waals surface area contributed by atoms with Gasteiger partial charge in [0.2, 0.25) is 15.9 Å². The smallest absolute Gasteiger partial charge is 0.324 e. The molecule has 0 saturated carbocycles. The van der Waals surface area contributed by atoms with E-state index < -0.39 is 22.0 Å². The lowest BCUT2D eigenvalue weighted by atomic mass is 10.1. The molecule has 0 unspecified atom stereocenters. The maximum Gasteiger partial charge on any atom is 0.324 e. The van der Waals surface area contributed by atoms with Crippen molar-refractivity contribution < 1.29 is 22.7 Å². The van der Waals surface area contributed by atoms with Gasteiger partial charge < -0.3 is 9.64 Å². The molecule has 25 heavy (non-hydrogen) atoms. The van der Waals surface area contributed by atoms with Gasteiger partial charge in [-0.1, -0.05) is 13.8 Å². The molecule has 7 nitrogen and oxygen atoms in total. The quantitative estimate of drug-likeness (QED) is 0.716. The first-order valence-corrected chi connectivity index (χ1v) is 10.1. The van der Waals surface area contributed by atoms with Gasteiger partial charge in [-0.15, -0.1) is 0 Å². The number of anilines is 1. The average Bonchev–Trinajstić information content (AvgIpc) is 2.93. The predicted octanol–water partition coefficient (Wildman–Crippen LogP) is 1.83. The van der Waals surface area contributed by atoms with Gasteiger partial charge in [-0.05, 0) is 46.0 Å². The van der Waals surface area contributed by atoms with Crippen molar-refractivity contribution in [1.82, 2.24) is 4.72 Å². The van der Waals surface area contributed by atoms with Gasteiger partial charge in [0.05, 0.1) is 12.0 Å². The number of nitrogens with zero attached hydrogens (tertiary/aromatic N) is 1. The second kappa shape index (κ2) is 7.43. The fraction of sp³-hybridized carbons (Fsp3) is 0.500. The molecule has 0 radical (unpaired) electrons. The second-order valence-corrected chi connectivity index (χ2v) is 8.73. The molecule has 1 atom stereocenters. The van der Waals surface area contributed by atoms with Crippen LogP contribution in [0.5, 0.6) is 0 Å². The highest BCUT2D eigenvalue weighted by molar-refractivity contribution is 9.10. The van der Waals surface area contributed by atoms with E-state index in [-0.39, 0.29) is 16.7 Å². The Balaban J connectivity index is 2.45. The van der Waals surface area contributed by atoms with Crippen molar-refractivity contribution in [3.63, 3.8) is 0 Å². The van der Waals surface area contributed by atoms with Crippen molar-refractivity contribution in [3.05, 3.63) is 22.2 Å². The molecule has 0 fully saturated rings. The van der Waals surface area contributed by atoms with Crippen LogP contribution in [0.25, 0.3) is 0 Å². The van der Waals surface area contributed by atoms with Crippen LogP contribution in [0.4, 0.5) is 5.69 Å². The standard InChI is InChI=1S/C16H21BrN2O5S/c1-9(2)15(16(21)24-4)18-25(22,23)14-8-13-11(7-12(14)17)5-6-19(13)10(3)20/h7-9,15,18H,5-6H2,1-4H3/t15-/m1/s1. The molecule has 1 heterocycles. The van der Waals surface area contributed by atoms with E-state index in [1.54, 1.807) is 24.8 Å². The summed E-state index contributed by atoms with van der Waals surface area (Å²) in [5.74, 6) is -1.09. The molecule has 0 saturated heterocycles. The summed E-state index contributed by atoms with van der Waals surface area (Å²) in [4.78, 5) is 25.1. The van der Waals surface area contributed by atoms with Gasteiger partial charge in [0.15, 0.2) is 0 Å². The van der Waals surface area contributed by atoms with E-state index in [1.807, 2.05) is 0 Å². The van der Waals surface area contributed by atoms with Crippen LogP contribution in [0, 0.1) is 5.92 Å². The lowest BCUT2D eigenvalue weighted by Gasteiger charge is -2.21. The van der Waals surface area contributed by atoms with Crippen LogP contribution >= 0.6 is 15.9 Å². The van der Waals surface area contributed by atoms with Crippen molar-refractivity contribution >= 4 is 43.5 Å². The number of amides is 1. The van der Waals surface area contributed by atoms with Gasteiger partial charge in [0, 0.05) is 23.6 Å². The van der Waals surface area contributed by atoms with Gasteiger partial charge >= 0.3 is 5.97 Å². The van der Waals surface area contributed by atoms with E-state index >= 15 is 0 Å². The minimum absolute atomic E-state index is 0.0195. The normalized spacial score (nSPS) is 15.2. The van der Waals surface area contributed by atoms with Crippen molar-refractivity contribution in [2.75, 3.05) is 18.6 Å². The van der Waals surface area contributed by atoms with E-state index in [9.17, 15) is 18.0 Å². The van der Waals surface area contributed by atoms with Gasteiger partial charge in [0.25, 0.3) is 0 Å². The zero-order valence-electron chi connectivity index (χ0n) is 14.5. The minimum atomic E-state index is -4.00. The van der Waals surface area contributed by atoms with E-state index in [0.29, 0.717) is 23.1 Å². The number of nitrogens with one attached hydrogen (secondary N) is 1. The van der Waals surface area contributed by atoms with Crippen molar-refractivity contribution in [2.24, 2.45) is 5.92 Å². The number of halogens is 1. The largest absolute Gasteiger partial charge is 0.468 e. The minimum Gasteiger partial charge on any atom is -0.468 e. The summed E-state index contributed by atoms with van der Waals surface area (Å²) < 4.78 is 33.1. The fourth-order valence-corrected chi connectivity index (χ4v) is 5.18. The molecule has 2 rings (SSSR count). The highest BCUT2D eigenvalue weighted by atomic mass is 79.9.